The molecule has 2 aliphatic heterocycles. The highest BCUT2D eigenvalue weighted by molar-refractivity contribution is 5.93. The highest BCUT2D eigenvalue weighted by Gasteiger charge is 2.38. The van der Waals surface area contributed by atoms with E-state index in [1.165, 1.54) is 0 Å². The monoisotopic (exact) mass is 334 g/mol. The van der Waals surface area contributed by atoms with Gasteiger partial charge in [-0.15, -0.1) is 0 Å². The van der Waals surface area contributed by atoms with Crippen molar-refractivity contribution in [3.8, 4) is 5.75 Å². The van der Waals surface area contributed by atoms with E-state index in [1.807, 2.05) is 11.8 Å². The molecule has 0 atom stereocenters. The summed E-state index contributed by atoms with van der Waals surface area (Å²) < 4.78 is 11.1. The maximum atomic E-state index is 13.0. The maximum absolute atomic E-state index is 13.0. The van der Waals surface area contributed by atoms with Gasteiger partial charge in [-0.3, -0.25) is 14.8 Å². The third-order valence-corrected chi connectivity index (χ3v) is 4.81. The summed E-state index contributed by atoms with van der Waals surface area (Å²) >= 11 is 0. The molecule has 1 aromatic rings. The molecule has 0 radical (unpaired) electrons. The van der Waals surface area contributed by atoms with Crippen molar-refractivity contribution in [1.29, 1.82) is 0 Å². The first-order chi connectivity index (χ1) is 11.5. The zero-order valence-electron chi connectivity index (χ0n) is 13.7. The van der Waals surface area contributed by atoms with Gasteiger partial charge in [0, 0.05) is 30.9 Å². The Morgan fingerprint density at radius 1 is 1.25 bits per heavy atom. The van der Waals surface area contributed by atoms with E-state index in [9.17, 15) is 9.59 Å². The summed E-state index contributed by atoms with van der Waals surface area (Å²) in [4.78, 5) is 26.3. The third kappa shape index (κ3) is 3.22. The predicted molar refractivity (Wildman–Crippen MR) is 84.8 cm³/mol. The maximum Gasteiger partial charge on any atom is 0.274 e. The van der Waals surface area contributed by atoms with Crippen molar-refractivity contribution >= 4 is 11.8 Å². The van der Waals surface area contributed by atoms with E-state index in [4.69, 9.17) is 14.7 Å². The standard InChI is InChI=1S/C17H22N2O5/c1-17(4-7-23-8-5-17)16(21)19-6-9-24-14-10-12(15(20)18-22)2-3-13(14)11-19/h2-3,10,22H,4-9,11H2,1H3,(H,18,20). The Kier molecular flexibility index (Phi) is 4.73. The highest BCUT2D eigenvalue weighted by Crippen LogP contribution is 2.34. The molecular weight excluding hydrogens is 312 g/mol. The van der Waals surface area contributed by atoms with Crippen molar-refractivity contribution in [2.75, 3.05) is 26.4 Å². The average Bonchev–Trinajstić information content (AvgIpc) is 2.82. The van der Waals surface area contributed by atoms with E-state index in [-0.39, 0.29) is 11.3 Å². The average molecular weight is 334 g/mol. The van der Waals surface area contributed by atoms with Crippen LogP contribution in [0, 0.1) is 5.41 Å². The number of fused-ring (bicyclic) bond motifs is 1. The molecule has 130 valence electrons. The smallest absolute Gasteiger partial charge is 0.274 e. The molecule has 1 fully saturated rings. The number of benzene rings is 1. The predicted octanol–water partition coefficient (Wildman–Crippen LogP) is 1.34. The van der Waals surface area contributed by atoms with Crippen molar-refractivity contribution in [2.45, 2.75) is 26.3 Å². The van der Waals surface area contributed by atoms with Crippen molar-refractivity contribution < 1.29 is 24.3 Å². The molecule has 3 rings (SSSR count). The molecule has 0 bridgehead atoms. The molecule has 0 unspecified atom stereocenters. The van der Waals surface area contributed by atoms with Gasteiger partial charge in [-0.25, -0.2) is 5.48 Å². The molecule has 2 heterocycles. The summed E-state index contributed by atoms with van der Waals surface area (Å²) in [7, 11) is 0. The number of nitrogens with one attached hydrogen (secondary N) is 1. The van der Waals surface area contributed by atoms with Crippen LogP contribution in [0.25, 0.3) is 0 Å². The topological polar surface area (TPSA) is 88.1 Å². The minimum Gasteiger partial charge on any atom is -0.491 e. The lowest BCUT2D eigenvalue weighted by Gasteiger charge is -2.36. The van der Waals surface area contributed by atoms with E-state index in [0.29, 0.717) is 44.2 Å². The summed E-state index contributed by atoms with van der Waals surface area (Å²) in [6.45, 7) is 4.55. The first-order valence-corrected chi connectivity index (χ1v) is 8.11. The van der Waals surface area contributed by atoms with Gasteiger partial charge in [0.25, 0.3) is 5.91 Å². The molecule has 7 nitrogen and oxygen atoms in total. The molecule has 24 heavy (non-hydrogen) atoms. The van der Waals surface area contributed by atoms with Crippen LogP contribution in [0.15, 0.2) is 18.2 Å². The fraction of sp³-hybridized carbons (Fsp3) is 0.529. The van der Waals surface area contributed by atoms with Gasteiger partial charge in [0.1, 0.15) is 12.4 Å². The number of carbonyl (C=O) groups excluding carboxylic acids is 2. The summed E-state index contributed by atoms with van der Waals surface area (Å²) in [6, 6.07) is 4.96. The van der Waals surface area contributed by atoms with Crippen LogP contribution in [0.4, 0.5) is 0 Å². The molecule has 0 spiro atoms. The molecule has 0 aromatic heterocycles. The van der Waals surface area contributed by atoms with E-state index in [2.05, 4.69) is 0 Å². The second-order valence-electron chi connectivity index (χ2n) is 6.51. The van der Waals surface area contributed by atoms with Gasteiger partial charge >= 0.3 is 0 Å². The van der Waals surface area contributed by atoms with Gasteiger partial charge in [-0.05, 0) is 25.0 Å². The number of amides is 2. The number of hydroxylamine groups is 1. The van der Waals surface area contributed by atoms with Crippen molar-refractivity contribution in [2.24, 2.45) is 5.41 Å². The van der Waals surface area contributed by atoms with Crippen LogP contribution >= 0.6 is 0 Å². The number of carbonyl (C=O) groups is 2. The summed E-state index contributed by atoms with van der Waals surface area (Å²) in [5.41, 5.74) is 2.38. The molecule has 0 aliphatic carbocycles. The number of nitrogens with zero attached hydrogens (tertiary/aromatic N) is 1. The first kappa shape index (κ1) is 16.7. The molecule has 2 aliphatic rings. The minimum absolute atomic E-state index is 0.124. The van der Waals surface area contributed by atoms with Crippen LogP contribution in [0.2, 0.25) is 0 Å². The number of hydrogen-bond acceptors (Lipinski definition) is 5. The van der Waals surface area contributed by atoms with Crippen LogP contribution in [0.5, 0.6) is 5.75 Å². The molecule has 0 saturated carbocycles. The highest BCUT2D eigenvalue weighted by atomic mass is 16.5. The zero-order valence-corrected chi connectivity index (χ0v) is 13.7. The molecule has 2 N–H and O–H groups in total. The van der Waals surface area contributed by atoms with Gasteiger partial charge in [0.2, 0.25) is 5.91 Å². The second-order valence-corrected chi connectivity index (χ2v) is 6.51. The SMILES string of the molecule is CC1(C(=O)N2CCOc3cc(C(=O)NO)ccc3C2)CCOCC1. The lowest BCUT2D eigenvalue weighted by atomic mass is 9.81. The molecule has 1 aromatic carbocycles. The Hall–Kier alpha value is -2.12. The van der Waals surface area contributed by atoms with Crippen LogP contribution in [0.1, 0.15) is 35.7 Å². The normalized spacial score (nSPS) is 19.7. The summed E-state index contributed by atoms with van der Waals surface area (Å²) in [6.07, 6.45) is 1.46. The summed E-state index contributed by atoms with van der Waals surface area (Å²) in [5.74, 6) is 0.108. The Bertz CT molecular complexity index is 640. The lowest BCUT2D eigenvalue weighted by molar-refractivity contribution is -0.147. The molecule has 1 saturated heterocycles. The van der Waals surface area contributed by atoms with Crippen LogP contribution in [-0.2, 0) is 16.1 Å². The van der Waals surface area contributed by atoms with Crippen molar-refractivity contribution in [3.05, 3.63) is 29.3 Å². The van der Waals surface area contributed by atoms with E-state index in [0.717, 1.165) is 18.4 Å². The van der Waals surface area contributed by atoms with Gasteiger partial charge in [0.05, 0.1) is 12.0 Å². The number of hydrogen-bond donors (Lipinski definition) is 2. The molecule has 7 heteroatoms. The Morgan fingerprint density at radius 2 is 2.00 bits per heavy atom. The van der Waals surface area contributed by atoms with Crippen molar-refractivity contribution in [3.63, 3.8) is 0 Å². The Labute approximate surface area is 140 Å². The van der Waals surface area contributed by atoms with Gasteiger partial charge in [0.15, 0.2) is 0 Å². The van der Waals surface area contributed by atoms with Crippen molar-refractivity contribution in [1.82, 2.24) is 10.4 Å². The Morgan fingerprint density at radius 3 is 2.71 bits per heavy atom. The van der Waals surface area contributed by atoms with Crippen LogP contribution in [0.3, 0.4) is 0 Å². The minimum atomic E-state index is -0.590. The second kappa shape index (κ2) is 6.78. The van der Waals surface area contributed by atoms with E-state index < -0.39 is 5.91 Å². The van der Waals surface area contributed by atoms with Gasteiger partial charge in [-0.2, -0.15) is 0 Å². The summed E-state index contributed by atoms with van der Waals surface area (Å²) in [5, 5.41) is 8.73. The lowest BCUT2D eigenvalue weighted by Crippen LogP contribution is -2.45. The van der Waals surface area contributed by atoms with E-state index >= 15 is 0 Å². The molecular formula is C17H22N2O5. The fourth-order valence-electron chi connectivity index (χ4n) is 3.17. The van der Waals surface area contributed by atoms with E-state index in [1.54, 1.807) is 23.7 Å². The largest absolute Gasteiger partial charge is 0.491 e. The van der Waals surface area contributed by atoms with Gasteiger partial charge < -0.3 is 14.4 Å². The van der Waals surface area contributed by atoms with Crippen LogP contribution in [-0.4, -0.2) is 48.3 Å². The first-order valence-electron chi connectivity index (χ1n) is 8.11. The number of rotatable bonds is 2. The van der Waals surface area contributed by atoms with Gasteiger partial charge in [-0.1, -0.05) is 13.0 Å². The third-order valence-electron chi connectivity index (χ3n) is 4.81. The Balaban J connectivity index is 1.79. The number of ether oxygens (including phenoxy) is 2. The van der Waals surface area contributed by atoms with Crippen LogP contribution < -0.4 is 10.2 Å². The quantitative estimate of drug-likeness (QED) is 0.629. The zero-order chi connectivity index (χ0) is 17.2. The molecule has 2 amide bonds. The fourth-order valence-corrected chi connectivity index (χ4v) is 3.17.